The van der Waals surface area contributed by atoms with Crippen molar-refractivity contribution in [2.75, 3.05) is 12.4 Å². The van der Waals surface area contributed by atoms with Gasteiger partial charge in [-0.1, -0.05) is 24.3 Å². The van der Waals surface area contributed by atoms with Gasteiger partial charge in [-0.2, -0.15) is 0 Å². The zero-order valence-corrected chi connectivity index (χ0v) is 14.3. The fourth-order valence-corrected chi connectivity index (χ4v) is 2.34. The number of amides is 1. The van der Waals surface area contributed by atoms with Crippen LogP contribution in [0.1, 0.15) is 21.7 Å². The van der Waals surface area contributed by atoms with E-state index in [0.717, 1.165) is 17.0 Å². The molecule has 3 rings (SSSR count). The summed E-state index contributed by atoms with van der Waals surface area (Å²) in [6.45, 7) is 0.888. The lowest BCUT2D eigenvalue weighted by atomic mass is 10.2. The van der Waals surface area contributed by atoms with Gasteiger partial charge in [0.05, 0.1) is 31.7 Å². The van der Waals surface area contributed by atoms with Gasteiger partial charge in [0.1, 0.15) is 17.3 Å². The second-order valence-corrected chi connectivity index (χ2v) is 5.46. The van der Waals surface area contributed by atoms with Crippen LogP contribution in [0.2, 0.25) is 0 Å². The largest absolute Gasteiger partial charge is 0.496 e. The highest BCUT2D eigenvalue weighted by atomic mass is 16.5. The highest BCUT2D eigenvalue weighted by Crippen LogP contribution is 2.18. The van der Waals surface area contributed by atoms with Crippen LogP contribution < -0.4 is 15.4 Å². The van der Waals surface area contributed by atoms with Crippen molar-refractivity contribution in [1.82, 2.24) is 20.3 Å². The van der Waals surface area contributed by atoms with Gasteiger partial charge in [-0.05, 0) is 18.2 Å². The Morgan fingerprint density at radius 1 is 1.00 bits per heavy atom. The van der Waals surface area contributed by atoms with Crippen molar-refractivity contribution in [1.29, 1.82) is 0 Å². The van der Waals surface area contributed by atoms with Gasteiger partial charge >= 0.3 is 0 Å². The summed E-state index contributed by atoms with van der Waals surface area (Å²) >= 11 is 0. The van der Waals surface area contributed by atoms with Gasteiger partial charge in [-0.15, -0.1) is 0 Å². The highest BCUT2D eigenvalue weighted by Gasteiger charge is 2.08. The number of aromatic nitrogens is 3. The first-order valence-corrected chi connectivity index (χ1v) is 8.12. The third-order valence-electron chi connectivity index (χ3n) is 3.69. The molecule has 0 saturated heterocycles. The molecule has 0 radical (unpaired) electrons. The van der Waals surface area contributed by atoms with E-state index >= 15 is 0 Å². The lowest BCUT2D eigenvalue weighted by molar-refractivity contribution is 0.0945. The number of nitrogens with zero attached hydrogens (tertiary/aromatic N) is 3. The van der Waals surface area contributed by atoms with Gasteiger partial charge in [0.2, 0.25) is 0 Å². The molecule has 132 valence electrons. The topological polar surface area (TPSA) is 89.0 Å². The fourth-order valence-electron chi connectivity index (χ4n) is 2.34. The van der Waals surface area contributed by atoms with Crippen molar-refractivity contribution in [3.8, 4) is 5.75 Å². The first-order valence-electron chi connectivity index (χ1n) is 8.12. The highest BCUT2D eigenvalue weighted by molar-refractivity contribution is 5.91. The van der Waals surface area contributed by atoms with Crippen molar-refractivity contribution >= 4 is 11.7 Å². The minimum atomic E-state index is -0.292. The monoisotopic (exact) mass is 349 g/mol. The summed E-state index contributed by atoms with van der Waals surface area (Å²) in [4.78, 5) is 24.7. The summed E-state index contributed by atoms with van der Waals surface area (Å²) in [6, 6.07) is 13.3. The number of rotatable bonds is 7. The zero-order valence-electron chi connectivity index (χ0n) is 14.3. The number of hydrogen-bond acceptors (Lipinski definition) is 6. The van der Waals surface area contributed by atoms with Crippen LogP contribution in [-0.2, 0) is 13.1 Å². The number of nitrogens with one attached hydrogen (secondary N) is 2. The first kappa shape index (κ1) is 17.3. The molecule has 0 aliphatic heterocycles. The number of hydrogen-bond donors (Lipinski definition) is 2. The number of pyridine rings is 1. The zero-order chi connectivity index (χ0) is 18.2. The van der Waals surface area contributed by atoms with Crippen LogP contribution in [0.4, 0.5) is 5.82 Å². The van der Waals surface area contributed by atoms with Gasteiger partial charge < -0.3 is 15.4 Å². The number of ether oxygens (including phenoxy) is 1. The average Bonchev–Trinajstić information content (AvgIpc) is 2.72. The van der Waals surface area contributed by atoms with E-state index in [2.05, 4.69) is 25.6 Å². The summed E-state index contributed by atoms with van der Waals surface area (Å²) < 4.78 is 5.31. The van der Waals surface area contributed by atoms with Crippen LogP contribution in [0.5, 0.6) is 5.75 Å². The number of para-hydroxylation sites is 1. The minimum absolute atomic E-state index is 0.253. The summed E-state index contributed by atoms with van der Waals surface area (Å²) in [5.41, 5.74) is 2.04. The number of benzene rings is 1. The Morgan fingerprint density at radius 2 is 1.85 bits per heavy atom. The van der Waals surface area contributed by atoms with E-state index in [1.165, 1.54) is 12.4 Å². The molecule has 2 N–H and O–H groups in total. The molecule has 7 heteroatoms. The average molecular weight is 349 g/mol. The molecule has 0 spiro atoms. The Hall–Kier alpha value is -3.48. The van der Waals surface area contributed by atoms with Gasteiger partial charge in [0, 0.05) is 18.3 Å². The molecule has 1 aromatic carbocycles. The molecule has 1 amide bonds. The van der Waals surface area contributed by atoms with Crippen molar-refractivity contribution in [2.24, 2.45) is 0 Å². The summed E-state index contributed by atoms with van der Waals surface area (Å²) in [5.74, 6) is 1.09. The Balaban J connectivity index is 1.55. The van der Waals surface area contributed by atoms with Crippen LogP contribution >= 0.6 is 0 Å². The number of carbonyl (C=O) groups is 1. The minimum Gasteiger partial charge on any atom is -0.496 e. The van der Waals surface area contributed by atoms with E-state index in [1.807, 2.05) is 42.5 Å². The van der Waals surface area contributed by atoms with Crippen molar-refractivity contribution in [2.45, 2.75) is 13.1 Å². The van der Waals surface area contributed by atoms with Crippen molar-refractivity contribution < 1.29 is 9.53 Å². The second-order valence-electron chi connectivity index (χ2n) is 5.46. The predicted molar refractivity (Wildman–Crippen MR) is 97.8 cm³/mol. The normalized spacial score (nSPS) is 10.2. The van der Waals surface area contributed by atoms with Crippen LogP contribution in [0, 0.1) is 0 Å². The van der Waals surface area contributed by atoms with Crippen LogP contribution in [0.25, 0.3) is 0 Å². The SMILES string of the molecule is COc1ccccc1CNc1cnc(C(=O)NCc2ccccn2)cn1. The molecule has 0 aliphatic carbocycles. The lowest BCUT2D eigenvalue weighted by Crippen LogP contribution is -2.24. The summed E-state index contributed by atoms with van der Waals surface area (Å²) in [7, 11) is 1.64. The maximum absolute atomic E-state index is 12.1. The maximum Gasteiger partial charge on any atom is 0.271 e. The van der Waals surface area contributed by atoms with Crippen LogP contribution in [0.15, 0.2) is 61.1 Å². The van der Waals surface area contributed by atoms with Crippen LogP contribution in [-0.4, -0.2) is 28.0 Å². The second kappa shape index (κ2) is 8.57. The molecule has 2 aromatic heterocycles. The Morgan fingerprint density at radius 3 is 2.58 bits per heavy atom. The molecular weight excluding hydrogens is 330 g/mol. The molecule has 0 atom stereocenters. The molecule has 7 nitrogen and oxygen atoms in total. The first-order chi connectivity index (χ1) is 12.8. The van der Waals surface area contributed by atoms with Crippen molar-refractivity contribution in [3.63, 3.8) is 0 Å². The lowest BCUT2D eigenvalue weighted by Gasteiger charge is -2.10. The predicted octanol–water partition coefficient (Wildman–Crippen LogP) is 2.42. The van der Waals surface area contributed by atoms with E-state index in [0.29, 0.717) is 18.9 Å². The smallest absolute Gasteiger partial charge is 0.271 e. The molecule has 0 aliphatic rings. The standard InChI is InChI=1S/C19H19N5O2/c1-26-17-8-3-2-6-14(17)10-22-18-13-21-16(12-23-18)19(25)24-11-15-7-4-5-9-20-15/h2-9,12-13H,10-11H2,1H3,(H,22,23)(H,24,25). The quantitative estimate of drug-likeness (QED) is 0.681. The number of anilines is 1. The van der Waals surface area contributed by atoms with Crippen LogP contribution in [0.3, 0.4) is 0 Å². The Bertz CT molecular complexity index is 853. The Labute approximate surface area is 151 Å². The van der Waals surface area contributed by atoms with E-state index in [1.54, 1.807) is 13.3 Å². The fraction of sp³-hybridized carbons (Fsp3) is 0.158. The molecule has 0 unspecified atom stereocenters. The molecule has 3 aromatic rings. The van der Waals surface area contributed by atoms with Crippen molar-refractivity contribution in [3.05, 3.63) is 78.0 Å². The van der Waals surface area contributed by atoms with E-state index in [-0.39, 0.29) is 11.6 Å². The third-order valence-corrected chi connectivity index (χ3v) is 3.69. The molecule has 2 heterocycles. The summed E-state index contributed by atoms with van der Waals surface area (Å²) in [6.07, 6.45) is 4.66. The maximum atomic E-state index is 12.1. The van der Waals surface area contributed by atoms with Gasteiger partial charge in [-0.3, -0.25) is 9.78 Å². The Kier molecular flexibility index (Phi) is 5.72. The number of methoxy groups -OCH3 is 1. The molecule has 0 bridgehead atoms. The van der Waals surface area contributed by atoms with Gasteiger partial charge in [0.15, 0.2) is 0 Å². The van der Waals surface area contributed by atoms with Gasteiger partial charge in [-0.25, -0.2) is 9.97 Å². The molecule has 26 heavy (non-hydrogen) atoms. The van der Waals surface area contributed by atoms with E-state index in [9.17, 15) is 4.79 Å². The van der Waals surface area contributed by atoms with E-state index < -0.39 is 0 Å². The molecule has 0 fully saturated rings. The van der Waals surface area contributed by atoms with Gasteiger partial charge in [0.25, 0.3) is 5.91 Å². The number of carbonyl (C=O) groups excluding carboxylic acids is 1. The molecular formula is C19H19N5O2. The third kappa shape index (κ3) is 4.54. The molecule has 0 saturated carbocycles. The van der Waals surface area contributed by atoms with E-state index in [4.69, 9.17) is 4.74 Å². The summed E-state index contributed by atoms with van der Waals surface area (Å²) in [5, 5.41) is 5.93.